The first-order valence-electron chi connectivity index (χ1n) is 8.62. The summed E-state index contributed by atoms with van der Waals surface area (Å²) in [5.41, 5.74) is 0.679. The lowest BCUT2D eigenvalue weighted by atomic mass is 10.1. The Labute approximate surface area is 137 Å². The van der Waals surface area contributed by atoms with Crippen molar-refractivity contribution < 1.29 is 9.18 Å². The van der Waals surface area contributed by atoms with Crippen LogP contribution in [0, 0.1) is 23.6 Å². The van der Waals surface area contributed by atoms with Gasteiger partial charge in [-0.15, -0.1) is 0 Å². The molecule has 2 aliphatic carbocycles. The van der Waals surface area contributed by atoms with Crippen molar-refractivity contribution in [2.75, 3.05) is 5.32 Å². The average Bonchev–Trinajstić information content (AvgIpc) is 3.22. The summed E-state index contributed by atoms with van der Waals surface area (Å²) in [6.45, 7) is 0. The Hall–Kier alpha value is -1.90. The van der Waals surface area contributed by atoms with Gasteiger partial charge in [-0.05, 0) is 74.6 Å². The summed E-state index contributed by atoms with van der Waals surface area (Å²) < 4.78 is 12.9. The van der Waals surface area contributed by atoms with Gasteiger partial charge in [-0.1, -0.05) is 24.3 Å². The van der Waals surface area contributed by atoms with Crippen molar-refractivity contribution in [3.8, 4) is 0 Å². The zero-order chi connectivity index (χ0) is 16.1. The second-order valence-electron chi connectivity index (χ2n) is 6.52. The molecule has 0 heterocycles. The third-order valence-electron chi connectivity index (χ3n) is 4.91. The van der Waals surface area contributed by atoms with Gasteiger partial charge in [0.05, 0.1) is 0 Å². The number of rotatable bonds is 2. The molecule has 1 saturated carbocycles. The normalized spacial score (nSPS) is 27.4. The molecule has 1 N–H and O–H groups in total. The molecule has 1 aromatic carbocycles. The Balaban J connectivity index is 1.60. The van der Waals surface area contributed by atoms with Crippen LogP contribution in [-0.4, -0.2) is 5.91 Å². The van der Waals surface area contributed by atoms with Gasteiger partial charge in [0.1, 0.15) is 5.82 Å². The van der Waals surface area contributed by atoms with Gasteiger partial charge in [0, 0.05) is 11.6 Å². The number of halogens is 1. The molecule has 1 aromatic rings. The van der Waals surface area contributed by atoms with E-state index < -0.39 is 0 Å². The predicted octanol–water partition coefficient (Wildman–Crippen LogP) is 5.09. The number of nitrogens with one attached hydrogen (secondary N) is 1. The molecule has 0 aliphatic heterocycles. The van der Waals surface area contributed by atoms with Crippen LogP contribution in [0.25, 0.3) is 0 Å². The van der Waals surface area contributed by atoms with Gasteiger partial charge in [0.2, 0.25) is 5.91 Å². The quantitative estimate of drug-likeness (QED) is 0.757. The molecule has 0 aromatic heterocycles. The number of carbonyl (C=O) groups is 1. The van der Waals surface area contributed by atoms with Crippen LogP contribution in [0.1, 0.15) is 38.5 Å². The van der Waals surface area contributed by atoms with Gasteiger partial charge in [0.25, 0.3) is 0 Å². The molecule has 2 aliphatic rings. The SMILES string of the molecule is O=C(Nc1ccc(F)cc1)C1[C@@H]2CCC=CCCC=CCC[C@@H]12. The van der Waals surface area contributed by atoms with Gasteiger partial charge >= 0.3 is 0 Å². The fraction of sp³-hybridized carbons (Fsp3) is 0.450. The number of hydrogen-bond donors (Lipinski definition) is 1. The van der Waals surface area contributed by atoms with Gasteiger partial charge in [-0.25, -0.2) is 4.39 Å². The maximum absolute atomic E-state index is 12.9. The number of benzene rings is 1. The summed E-state index contributed by atoms with van der Waals surface area (Å²) in [6, 6.07) is 5.99. The summed E-state index contributed by atoms with van der Waals surface area (Å²) in [7, 11) is 0. The van der Waals surface area contributed by atoms with E-state index in [1.165, 1.54) is 12.1 Å². The lowest BCUT2D eigenvalue weighted by Crippen LogP contribution is -2.15. The largest absolute Gasteiger partial charge is 0.326 e. The Bertz CT molecular complexity index is 566. The molecule has 23 heavy (non-hydrogen) atoms. The van der Waals surface area contributed by atoms with Crippen molar-refractivity contribution in [2.45, 2.75) is 38.5 Å². The Morgan fingerprint density at radius 3 is 1.96 bits per heavy atom. The number of hydrogen-bond acceptors (Lipinski definition) is 1. The van der Waals surface area contributed by atoms with E-state index in [2.05, 4.69) is 29.6 Å². The summed E-state index contributed by atoms with van der Waals surface area (Å²) in [5, 5.41) is 2.94. The summed E-state index contributed by atoms with van der Waals surface area (Å²) in [4.78, 5) is 12.5. The van der Waals surface area contributed by atoms with Crippen LogP contribution in [0.15, 0.2) is 48.6 Å². The fourth-order valence-corrected chi connectivity index (χ4v) is 3.62. The lowest BCUT2D eigenvalue weighted by Gasteiger charge is -2.04. The van der Waals surface area contributed by atoms with Crippen LogP contribution < -0.4 is 5.32 Å². The molecule has 0 saturated heterocycles. The first-order chi connectivity index (χ1) is 11.3. The summed E-state index contributed by atoms with van der Waals surface area (Å²) >= 11 is 0. The van der Waals surface area contributed by atoms with E-state index in [1.54, 1.807) is 12.1 Å². The highest BCUT2D eigenvalue weighted by Gasteiger charge is 2.52. The molecule has 3 heteroatoms. The van der Waals surface area contributed by atoms with Crippen molar-refractivity contribution in [1.82, 2.24) is 0 Å². The van der Waals surface area contributed by atoms with Crippen molar-refractivity contribution in [3.63, 3.8) is 0 Å². The molecule has 0 radical (unpaired) electrons. The van der Waals surface area contributed by atoms with E-state index in [-0.39, 0.29) is 17.6 Å². The van der Waals surface area contributed by atoms with E-state index in [1.807, 2.05) is 0 Å². The van der Waals surface area contributed by atoms with Crippen LogP contribution in [0.4, 0.5) is 10.1 Å². The van der Waals surface area contributed by atoms with Gasteiger partial charge in [-0.3, -0.25) is 4.79 Å². The van der Waals surface area contributed by atoms with Gasteiger partial charge in [0.15, 0.2) is 0 Å². The van der Waals surface area contributed by atoms with Crippen LogP contribution in [0.5, 0.6) is 0 Å². The van der Waals surface area contributed by atoms with Gasteiger partial charge in [-0.2, -0.15) is 0 Å². The van der Waals surface area contributed by atoms with E-state index in [4.69, 9.17) is 0 Å². The molecule has 1 amide bonds. The maximum Gasteiger partial charge on any atom is 0.228 e. The van der Waals surface area contributed by atoms with Crippen molar-refractivity contribution in [2.24, 2.45) is 17.8 Å². The smallest absolute Gasteiger partial charge is 0.228 e. The highest BCUT2D eigenvalue weighted by molar-refractivity contribution is 5.94. The minimum Gasteiger partial charge on any atom is -0.326 e. The molecule has 2 atom stereocenters. The third-order valence-corrected chi connectivity index (χ3v) is 4.91. The molecule has 0 spiro atoms. The number of allylic oxidation sites excluding steroid dienone is 4. The molecule has 2 nitrogen and oxygen atoms in total. The Morgan fingerprint density at radius 2 is 1.39 bits per heavy atom. The fourth-order valence-electron chi connectivity index (χ4n) is 3.62. The first kappa shape index (κ1) is 16.0. The van der Waals surface area contributed by atoms with Crippen LogP contribution in [0.3, 0.4) is 0 Å². The second kappa shape index (κ2) is 7.58. The van der Waals surface area contributed by atoms with Crippen molar-refractivity contribution >= 4 is 11.6 Å². The number of fused-ring (bicyclic) bond motifs is 1. The highest BCUT2D eigenvalue weighted by atomic mass is 19.1. The molecule has 122 valence electrons. The highest BCUT2D eigenvalue weighted by Crippen LogP contribution is 2.52. The predicted molar refractivity (Wildman–Crippen MR) is 91.5 cm³/mol. The number of amides is 1. The molecular formula is C20H24FNO. The lowest BCUT2D eigenvalue weighted by molar-refractivity contribution is -0.117. The summed E-state index contributed by atoms with van der Waals surface area (Å²) in [5.74, 6) is 0.909. The second-order valence-corrected chi connectivity index (χ2v) is 6.52. The molecule has 0 unspecified atom stereocenters. The molecule has 1 fully saturated rings. The summed E-state index contributed by atoms with van der Waals surface area (Å²) in [6.07, 6.45) is 15.5. The Kier molecular flexibility index (Phi) is 5.27. The number of carbonyl (C=O) groups excluding carboxylic acids is 1. The topological polar surface area (TPSA) is 29.1 Å². The van der Waals surface area contributed by atoms with Crippen molar-refractivity contribution in [3.05, 3.63) is 54.4 Å². The molecule has 0 bridgehead atoms. The first-order valence-corrected chi connectivity index (χ1v) is 8.62. The minimum absolute atomic E-state index is 0.0921. The Morgan fingerprint density at radius 1 is 0.870 bits per heavy atom. The zero-order valence-corrected chi connectivity index (χ0v) is 13.4. The van der Waals surface area contributed by atoms with Gasteiger partial charge < -0.3 is 5.32 Å². The monoisotopic (exact) mass is 313 g/mol. The third kappa shape index (κ3) is 4.31. The standard InChI is InChI=1S/C20H24FNO/c21-15-11-13-16(14-12-15)22-20(23)19-17-9-7-5-3-1-2-4-6-8-10-18(17)19/h3-6,11-14,17-19H,1-2,7-10H2,(H,22,23)/t17-,18-,19?/m1/s1. The van der Waals surface area contributed by atoms with Crippen LogP contribution in [-0.2, 0) is 4.79 Å². The van der Waals surface area contributed by atoms with E-state index in [0.717, 1.165) is 38.5 Å². The van der Waals surface area contributed by atoms with E-state index in [0.29, 0.717) is 17.5 Å². The zero-order valence-electron chi connectivity index (χ0n) is 13.4. The van der Waals surface area contributed by atoms with Crippen molar-refractivity contribution in [1.29, 1.82) is 0 Å². The maximum atomic E-state index is 12.9. The number of anilines is 1. The van der Waals surface area contributed by atoms with E-state index in [9.17, 15) is 9.18 Å². The average molecular weight is 313 g/mol. The van der Waals surface area contributed by atoms with Crippen LogP contribution >= 0.6 is 0 Å². The van der Waals surface area contributed by atoms with E-state index >= 15 is 0 Å². The van der Waals surface area contributed by atoms with Crippen LogP contribution in [0.2, 0.25) is 0 Å². The molecular weight excluding hydrogens is 289 g/mol. The minimum atomic E-state index is -0.283. The molecule has 3 rings (SSSR count).